The highest BCUT2D eigenvalue weighted by Gasteiger charge is 2.05. The molecule has 2 rings (SSSR count). The molecule has 0 unspecified atom stereocenters. The number of benzene rings is 1. The fraction of sp³-hybridized carbons (Fsp3) is 0.182. The Kier molecular flexibility index (Phi) is 3.71. The second kappa shape index (κ2) is 5.46. The first kappa shape index (κ1) is 10.9. The van der Waals surface area contributed by atoms with Crippen LogP contribution in [-0.4, -0.2) is 26.7 Å². The molecule has 2 aromatic rings. The third kappa shape index (κ3) is 3.20. The van der Waals surface area contributed by atoms with Crippen molar-refractivity contribution < 1.29 is 4.79 Å². The summed E-state index contributed by atoms with van der Waals surface area (Å²) in [4.78, 5) is 15.6. The third-order valence-electron chi connectivity index (χ3n) is 2.01. The van der Waals surface area contributed by atoms with E-state index in [-0.39, 0.29) is 5.78 Å². The van der Waals surface area contributed by atoms with Crippen LogP contribution >= 0.6 is 11.8 Å². The molecule has 0 amide bonds. The molecular formula is C11H11N3OS. The normalized spacial score (nSPS) is 10.2. The molecule has 1 aromatic carbocycles. The van der Waals surface area contributed by atoms with Gasteiger partial charge in [0.1, 0.15) is 12.1 Å². The molecular weight excluding hydrogens is 222 g/mol. The molecule has 4 nitrogen and oxygen atoms in total. The van der Waals surface area contributed by atoms with Crippen molar-refractivity contribution in [2.75, 3.05) is 5.75 Å². The van der Waals surface area contributed by atoms with Crippen LogP contribution in [0.25, 0.3) is 0 Å². The molecule has 0 spiro atoms. The summed E-state index contributed by atoms with van der Waals surface area (Å²) in [7, 11) is 0. The second-order valence-corrected chi connectivity index (χ2v) is 4.24. The van der Waals surface area contributed by atoms with Gasteiger partial charge in [0.2, 0.25) is 0 Å². The Bertz CT molecular complexity index is 442. The lowest BCUT2D eigenvalue weighted by Crippen LogP contribution is -2.05. The van der Waals surface area contributed by atoms with E-state index in [0.29, 0.717) is 17.3 Å². The fourth-order valence-corrected chi connectivity index (χ4v) is 1.93. The van der Waals surface area contributed by atoms with E-state index in [2.05, 4.69) is 15.2 Å². The van der Waals surface area contributed by atoms with E-state index in [9.17, 15) is 4.79 Å². The summed E-state index contributed by atoms with van der Waals surface area (Å²) in [6.07, 6.45) is 1.91. The van der Waals surface area contributed by atoms with E-state index in [4.69, 9.17) is 0 Å². The molecule has 0 saturated heterocycles. The van der Waals surface area contributed by atoms with Gasteiger partial charge in [0.15, 0.2) is 5.16 Å². The van der Waals surface area contributed by atoms with Gasteiger partial charge >= 0.3 is 0 Å². The molecule has 0 saturated carbocycles. The van der Waals surface area contributed by atoms with E-state index in [1.807, 2.05) is 30.3 Å². The van der Waals surface area contributed by atoms with Gasteiger partial charge in [0.05, 0.1) is 5.75 Å². The first-order valence-electron chi connectivity index (χ1n) is 4.88. The number of hydrogen-bond donors (Lipinski definition) is 1. The number of nitrogens with zero attached hydrogens (tertiary/aromatic N) is 2. The average molecular weight is 233 g/mol. The smallest absolute Gasteiger partial charge is 0.183 e. The molecule has 0 aliphatic carbocycles. The Morgan fingerprint density at radius 2 is 2.12 bits per heavy atom. The van der Waals surface area contributed by atoms with Crippen LogP contribution in [0.5, 0.6) is 0 Å². The molecule has 16 heavy (non-hydrogen) atoms. The van der Waals surface area contributed by atoms with Gasteiger partial charge in [-0.3, -0.25) is 9.89 Å². The van der Waals surface area contributed by atoms with Gasteiger partial charge in [0, 0.05) is 6.42 Å². The second-order valence-electron chi connectivity index (χ2n) is 3.28. The number of carbonyl (C=O) groups is 1. The third-order valence-corrected chi connectivity index (χ3v) is 2.94. The molecule has 0 aliphatic rings. The predicted molar refractivity (Wildman–Crippen MR) is 62.3 cm³/mol. The van der Waals surface area contributed by atoms with E-state index in [1.54, 1.807) is 0 Å². The minimum absolute atomic E-state index is 0.188. The number of nitrogens with one attached hydrogen (secondary N) is 1. The van der Waals surface area contributed by atoms with Crippen molar-refractivity contribution >= 4 is 17.5 Å². The minimum Gasteiger partial charge on any atom is -0.298 e. The van der Waals surface area contributed by atoms with Gasteiger partial charge in [-0.15, -0.1) is 0 Å². The van der Waals surface area contributed by atoms with E-state index in [1.165, 1.54) is 18.1 Å². The standard InChI is InChI=1S/C11H11N3OS/c15-10(6-9-4-2-1-3-5-9)7-16-11-12-8-13-14-11/h1-5,8H,6-7H2,(H,12,13,14). The Morgan fingerprint density at radius 1 is 1.31 bits per heavy atom. The summed E-state index contributed by atoms with van der Waals surface area (Å²) in [5.74, 6) is 0.608. The molecule has 0 radical (unpaired) electrons. The number of hydrogen-bond acceptors (Lipinski definition) is 4. The zero-order valence-corrected chi connectivity index (χ0v) is 9.41. The molecule has 0 bridgehead atoms. The quantitative estimate of drug-likeness (QED) is 0.799. The van der Waals surface area contributed by atoms with Crippen molar-refractivity contribution in [3.8, 4) is 0 Å². The number of carbonyl (C=O) groups excluding carboxylic acids is 1. The summed E-state index contributed by atoms with van der Waals surface area (Å²) in [6, 6.07) is 9.73. The van der Waals surface area contributed by atoms with Crippen LogP contribution in [-0.2, 0) is 11.2 Å². The minimum atomic E-state index is 0.188. The Labute approximate surface area is 97.5 Å². The van der Waals surface area contributed by atoms with Crippen molar-refractivity contribution in [2.24, 2.45) is 0 Å². The lowest BCUT2D eigenvalue weighted by molar-refractivity contribution is -0.116. The number of thioether (sulfide) groups is 1. The fourth-order valence-electron chi connectivity index (χ4n) is 1.29. The van der Waals surface area contributed by atoms with E-state index in [0.717, 1.165) is 5.56 Å². The molecule has 0 fully saturated rings. The lowest BCUT2D eigenvalue weighted by Gasteiger charge is -1.99. The van der Waals surface area contributed by atoms with Crippen molar-refractivity contribution in [3.05, 3.63) is 42.2 Å². The van der Waals surface area contributed by atoms with Gasteiger partial charge < -0.3 is 0 Å². The number of H-pyrrole nitrogens is 1. The van der Waals surface area contributed by atoms with Crippen molar-refractivity contribution in [3.63, 3.8) is 0 Å². The molecule has 0 atom stereocenters. The molecule has 5 heteroatoms. The summed E-state index contributed by atoms with van der Waals surface area (Å²) < 4.78 is 0. The summed E-state index contributed by atoms with van der Waals surface area (Å²) in [6.45, 7) is 0. The highest BCUT2D eigenvalue weighted by molar-refractivity contribution is 7.99. The molecule has 82 valence electrons. The van der Waals surface area contributed by atoms with Crippen LogP contribution in [0.15, 0.2) is 41.8 Å². The van der Waals surface area contributed by atoms with Crippen LogP contribution in [0.2, 0.25) is 0 Å². The number of Topliss-reactive ketones (excluding diaryl/α,β-unsaturated/α-hetero) is 1. The maximum absolute atomic E-state index is 11.6. The number of aromatic amines is 1. The summed E-state index contributed by atoms with van der Waals surface area (Å²) in [5.41, 5.74) is 1.05. The molecule has 1 heterocycles. The van der Waals surface area contributed by atoms with Gasteiger partial charge in [-0.1, -0.05) is 42.1 Å². The number of aromatic nitrogens is 3. The van der Waals surface area contributed by atoms with Crippen LogP contribution in [0.4, 0.5) is 0 Å². The Balaban J connectivity index is 1.81. The summed E-state index contributed by atoms with van der Waals surface area (Å²) >= 11 is 1.38. The molecule has 1 aromatic heterocycles. The zero-order valence-electron chi connectivity index (χ0n) is 8.59. The highest BCUT2D eigenvalue weighted by atomic mass is 32.2. The largest absolute Gasteiger partial charge is 0.298 e. The van der Waals surface area contributed by atoms with Crippen LogP contribution in [0.1, 0.15) is 5.56 Å². The highest BCUT2D eigenvalue weighted by Crippen LogP contribution is 2.11. The van der Waals surface area contributed by atoms with Gasteiger partial charge in [-0.25, -0.2) is 4.98 Å². The molecule has 1 N–H and O–H groups in total. The van der Waals surface area contributed by atoms with Gasteiger partial charge in [-0.2, -0.15) is 5.10 Å². The zero-order chi connectivity index (χ0) is 11.2. The Hall–Kier alpha value is -1.62. The van der Waals surface area contributed by atoms with Crippen molar-refractivity contribution in [2.45, 2.75) is 11.6 Å². The summed E-state index contributed by atoms with van der Waals surface area (Å²) in [5, 5.41) is 7.10. The van der Waals surface area contributed by atoms with Crippen LogP contribution in [0.3, 0.4) is 0 Å². The average Bonchev–Trinajstić information content (AvgIpc) is 2.81. The monoisotopic (exact) mass is 233 g/mol. The van der Waals surface area contributed by atoms with Crippen LogP contribution in [0, 0.1) is 0 Å². The van der Waals surface area contributed by atoms with E-state index >= 15 is 0 Å². The maximum atomic E-state index is 11.6. The van der Waals surface area contributed by atoms with Gasteiger partial charge in [-0.05, 0) is 5.56 Å². The Morgan fingerprint density at radius 3 is 2.81 bits per heavy atom. The van der Waals surface area contributed by atoms with Crippen LogP contribution < -0.4 is 0 Å². The predicted octanol–water partition coefficient (Wildman–Crippen LogP) is 1.71. The van der Waals surface area contributed by atoms with Crippen molar-refractivity contribution in [1.82, 2.24) is 15.2 Å². The topological polar surface area (TPSA) is 58.6 Å². The SMILES string of the molecule is O=C(CSc1ncn[nH]1)Cc1ccccc1. The first-order valence-corrected chi connectivity index (χ1v) is 5.87. The maximum Gasteiger partial charge on any atom is 0.183 e. The lowest BCUT2D eigenvalue weighted by atomic mass is 10.1. The molecule has 0 aliphatic heterocycles. The first-order chi connectivity index (χ1) is 7.84. The van der Waals surface area contributed by atoms with Crippen molar-refractivity contribution in [1.29, 1.82) is 0 Å². The number of rotatable bonds is 5. The van der Waals surface area contributed by atoms with E-state index < -0.39 is 0 Å². The van der Waals surface area contributed by atoms with Gasteiger partial charge in [0.25, 0.3) is 0 Å². The number of ketones is 1.